The monoisotopic (exact) mass is 363 g/mol. The third-order valence-electron chi connectivity index (χ3n) is 3.70. The first-order valence-electron chi connectivity index (χ1n) is 7.45. The fourth-order valence-electron chi connectivity index (χ4n) is 2.44. The summed E-state index contributed by atoms with van der Waals surface area (Å²) in [6.45, 7) is 5.11. The van der Waals surface area contributed by atoms with Crippen molar-refractivity contribution in [2.45, 2.75) is 20.8 Å². The van der Waals surface area contributed by atoms with Crippen molar-refractivity contribution in [3.8, 4) is 5.75 Å². The van der Waals surface area contributed by atoms with E-state index < -0.39 is 22.4 Å². The van der Waals surface area contributed by atoms with Gasteiger partial charge in [0.15, 0.2) is 11.2 Å². The lowest BCUT2D eigenvalue weighted by Crippen LogP contribution is -2.19. The van der Waals surface area contributed by atoms with E-state index in [0.29, 0.717) is 5.02 Å². The van der Waals surface area contributed by atoms with Crippen molar-refractivity contribution >= 4 is 34.5 Å². The van der Waals surface area contributed by atoms with Gasteiger partial charge in [0.2, 0.25) is 0 Å². The van der Waals surface area contributed by atoms with E-state index in [9.17, 15) is 19.5 Å². The summed E-state index contributed by atoms with van der Waals surface area (Å²) in [5.41, 5.74) is -1.81. The van der Waals surface area contributed by atoms with Gasteiger partial charge >= 0.3 is 5.97 Å². The molecule has 0 aliphatic rings. The number of H-pyrrole nitrogens is 1. The van der Waals surface area contributed by atoms with Crippen LogP contribution in [0, 0.1) is 5.41 Å². The number of aromatic amines is 1. The summed E-state index contributed by atoms with van der Waals surface area (Å²) in [4.78, 5) is 39.5. The van der Waals surface area contributed by atoms with Crippen molar-refractivity contribution in [2.24, 2.45) is 5.41 Å². The summed E-state index contributed by atoms with van der Waals surface area (Å²) in [5.74, 6) is -1.43. The zero-order chi connectivity index (χ0) is 18.9. The summed E-state index contributed by atoms with van der Waals surface area (Å²) in [6, 6.07) is 4.45. The molecule has 0 saturated heterocycles. The van der Waals surface area contributed by atoms with Crippen LogP contribution in [-0.4, -0.2) is 23.2 Å². The van der Waals surface area contributed by atoms with Crippen LogP contribution >= 0.6 is 11.6 Å². The number of nitrogens with one attached hydrogen (secondary N) is 1. The van der Waals surface area contributed by atoms with E-state index in [0.717, 1.165) is 0 Å². The lowest BCUT2D eigenvalue weighted by molar-refractivity contribution is -0.133. The molecule has 0 unspecified atom stereocenters. The van der Waals surface area contributed by atoms with Crippen LogP contribution in [0.3, 0.4) is 0 Å². The average Bonchev–Trinajstić information content (AvgIpc) is 2.57. The first-order valence-corrected chi connectivity index (χ1v) is 7.83. The van der Waals surface area contributed by atoms with Gasteiger partial charge in [-0.3, -0.25) is 9.59 Å². The number of carboxylic acid groups (broad SMARTS) is 1. The van der Waals surface area contributed by atoms with E-state index in [1.54, 1.807) is 20.8 Å². The molecule has 1 aromatic heterocycles. The van der Waals surface area contributed by atoms with Crippen molar-refractivity contribution in [1.29, 1.82) is 0 Å². The van der Waals surface area contributed by atoms with Gasteiger partial charge in [-0.25, -0.2) is 4.79 Å². The van der Waals surface area contributed by atoms with Crippen LogP contribution in [0.1, 0.15) is 26.3 Å². The minimum atomic E-state index is -1.18. The first kappa shape index (κ1) is 18.7. The molecule has 7 heteroatoms. The Morgan fingerprint density at radius 3 is 2.44 bits per heavy atom. The van der Waals surface area contributed by atoms with Gasteiger partial charge in [-0.05, 0) is 29.7 Å². The fourth-order valence-corrected chi connectivity index (χ4v) is 2.62. The molecule has 0 bridgehead atoms. The molecule has 2 N–H and O–H groups in total. The number of carboxylic acids is 1. The molecule has 0 fully saturated rings. The summed E-state index contributed by atoms with van der Waals surface area (Å²) < 4.78 is 5.10. The summed E-state index contributed by atoms with van der Waals surface area (Å²) in [6.07, 6.45) is 1.20. The molecule has 25 heavy (non-hydrogen) atoms. The topological polar surface area (TPSA) is 96.5 Å². The van der Waals surface area contributed by atoms with Gasteiger partial charge in [-0.1, -0.05) is 32.4 Å². The summed E-state index contributed by atoms with van der Waals surface area (Å²) in [7, 11) is 1.25. The molecule has 0 aliphatic heterocycles. The van der Waals surface area contributed by atoms with E-state index in [1.165, 1.54) is 31.4 Å². The van der Waals surface area contributed by atoms with Crippen LogP contribution in [0.2, 0.25) is 5.02 Å². The SMILES string of the molecule is COc1c(/C=C(/C(=O)O)C(C)(C)C)c(=O)c2ccc(Cl)cc2[nH]c1=O. The zero-order valence-corrected chi connectivity index (χ0v) is 15.0. The third-order valence-corrected chi connectivity index (χ3v) is 3.94. The van der Waals surface area contributed by atoms with E-state index in [2.05, 4.69) is 4.98 Å². The number of rotatable bonds is 3. The van der Waals surface area contributed by atoms with E-state index in [4.69, 9.17) is 16.3 Å². The molecule has 2 aromatic rings. The molecule has 1 aromatic carbocycles. The van der Waals surface area contributed by atoms with Crippen LogP contribution in [-0.2, 0) is 4.79 Å². The van der Waals surface area contributed by atoms with Crippen LogP contribution in [0.15, 0.2) is 33.4 Å². The van der Waals surface area contributed by atoms with Gasteiger partial charge in [0.1, 0.15) is 0 Å². The molecule has 132 valence electrons. The number of fused-ring (bicyclic) bond motifs is 1. The highest BCUT2D eigenvalue weighted by Gasteiger charge is 2.25. The van der Waals surface area contributed by atoms with Crippen LogP contribution in [0.25, 0.3) is 17.0 Å². The minimum absolute atomic E-state index is 0.0180. The van der Waals surface area contributed by atoms with Crippen LogP contribution in [0.5, 0.6) is 5.75 Å². The Labute approximate surface area is 148 Å². The van der Waals surface area contributed by atoms with E-state index in [-0.39, 0.29) is 27.8 Å². The summed E-state index contributed by atoms with van der Waals surface area (Å²) >= 11 is 5.92. The second-order valence-corrected chi connectivity index (χ2v) is 6.97. The Hall–Kier alpha value is -2.60. The maximum absolute atomic E-state index is 12.9. The molecule has 0 spiro atoms. The number of methoxy groups -OCH3 is 1. The van der Waals surface area contributed by atoms with Gasteiger partial charge in [0.25, 0.3) is 5.56 Å². The molecule has 6 nitrogen and oxygen atoms in total. The Bertz CT molecular complexity index is 999. The first-order chi connectivity index (χ1) is 11.6. The normalized spacial score (nSPS) is 12.3. The predicted octanol–water partition coefficient (Wildman–Crippen LogP) is 3.06. The van der Waals surface area contributed by atoms with Crippen molar-refractivity contribution in [3.05, 3.63) is 54.9 Å². The number of hydrogen-bond donors (Lipinski definition) is 2. The third kappa shape index (κ3) is 3.74. The van der Waals surface area contributed by atoms with Gasteiger partial charge in [-0.2, -0.15) is 0 Å². The molecule has 2 rings (SSSR count). The van der Waals surface area contributed by atoms with Crippen molar-refractivity contribution in [3.63, 3.8) is 0 Å². The zero-order valence-electron chi connectivity index (χ0n) is 14.3. The van der Waals surface area contributed by atoms with Gasteiger partial charge in [0.05, 0.1) is 18.2 Å². The fraction of sp³-hybridized carbons (Fsp3) is 0.278. The standard InChI is InChI=1S/C18H18ClNO5/c1-18(2,3)12(17(23)24)8-11-14(21)10-6-5-9(19)7-13(10)20-16(22)15(11)25-4/h5-8H,1-4H3,(H,20,22)(H,23,24)/b12-8-. The van der Waals surface area contributed by atoms with Crippen LogP contribution in [0.4, 0.5) is 0 Å². The van der Waals surface area contributed by atoms with E-state index >= 15 is 0 Å². The maximum atomic E-state index is 12.9. The Balaban J connectivity index is 3.05. The summed E-state index contributed by atoms with van der Waals surface area (Å²) in [5, 5.41) is 10.0. The Kier molecular flexibility index (Phi) is 5.04. The smallest absolute Gasteiger partial charge is 0.332 e. The second-order valence-electron chi connectivity index (χ2n) is 6.53. The number of carbonyl (C=O) groups is 1. The van der Waals surface area contributed by atoms with Gasteiger partial charge in [-0.15, -0.1) is 0 Å². The van der Waals surface area contributed by atoms with Crippen LogP contribution < -0.4 is 15.7 Å². The molecule has 0 amide bonds. The Morgan fingerprint density at radius 1 is 1.28 bits per heavy atom. The highest BCUT2D eigenvalue weighted by atomic mass is 35.5. The minimum Gasteiger partial charge on any atom is -0.491 e. The number of halogens is 1. The number of ether oxygens (including phenoxy) is 1. The molecule has 0 aliphatic carbocycles. The number of hydrogen-bond acceptors (Lipinski definition) is 4. The second kappa shape index (κ2) is 6.72. The largest absolute Gasteiger partial charge is 0.491 e. The number of aromatic nitrogens is 1. The molecule has 0 radical (unpaired) electrons. The van der Waals surface area contributed by atoms with Gasteiger partial charge in [0, 0.05) is 16.0 Å². The highest BCUT2D eigenvalue weighted by Crippen LogP contribution is 2.28. The van der Waals surface area contributed by atoms with Crippen molar-refractivity contribution < 1.29 is 14.6 Å². The number of aliphatic carboxylic acids is 1. The molecule has 0 atom stereocenters. The average molecular weight is 364 g/mol. The Morgan fingerprint density at radius 2 is 1.92 bits per heavy atom. The highest BCUT2D eigenvalue weighted by molar-refractivity contribution is 6.31. The molecule has 1 heterocycles. The molecule has 0 saturated carbocycles. The molecular formula is C18H18ClNO5. The molecular weight excluding hydrogens is 346 g/mol. The lowest BCUT2D eigenvalue weighted by atomic mass is 9.85. The maximum Gasteiger partial charge on any atom is 0.332 e. The quantitative estimate of drug-likeness (QED) is 0.817. The van der Waals surface area contributed by atoms with Gasteiger partial charge < -0.3 is 14.8 Å². The van der Waals surface area contributed by atoms with E-state index in [1.807, 2.05) is 0 Å². The predicted molar refractivity (Wildman–Crippen MR) is 97.5 cm³/mol. The number of benzene rings is 1. The lowest BCUT2D eigenvalue weighted by Gasteiger charge is -2.19. The van der Waals surface area contributed by atoms with Crippen molar-refractivity contribution in [2.75, 3.05) is 7.11 Å². The van der Waals surface area contributed by atoms with Crippen molar-refractivity contribution in [1.82, 2.24) is 4.98 Å².